The molecule has 21 heavy (non-hydrogen) atoms. The van der Waals surface area contributed by atoms with Gasteiger partial charge in [-0.05, 0) is 25.0 Å². The number of hydrogen-bond acceptors (Lipinski definition) is 2. The fourth-order valence-corrected chi connectivity index (χ4v) is 2.92. The van der Waals surface area contributed by atoms with Crippen molar-refractivity contribution < 1.29 is 22.0 Å². The van der Waals surface area contributed by atoms with Crippen LogP contribution in [0.5, 0.6) is 0 Å². The van der Waals surface area contributed by atoms with E-state index in [1.165, 1.54) is 0 Å². The standard InChI is InChI=1S/C13H13F5N2.ClH/c14-12(15)7-11(12)3-1-5-20(8-11)10-6-9(2-4-19-10)13(16,17)18;/h2,4,6H,1,3,5,7-8H2;1H. The maximum absolute atomic E-state index is 13.4. The summed E-state index contributed by atoms with van der Waals surface area (Å²) in [4.78, 5) is 5.44. The van der Waals surface area contributed by atoms with Crippen LogP contribution in [-0.2, 0) is 6.18 Å². The number of anilines is 1. The number of nitrogens with zero attached hydrogens (tertiary/aromatic N) is 2. The molecule has 0 radical (unpaired) electrons. The van der Waals surface area contributed by atoms with Gasteiger partial charge in [0.05, 0.1) is 11.0 Å². The van der Waals surface area contributed by atoms with Crippen molar-refractivity contribution in [1.82, 2.24) is 4.98 Å². The van der Waals surface area contributed by atoms with Gasteiger partial charge >= 0.3 is 6.18 Å². The van der Waals surface area contributed by atoms with Gasteiger partial charge in [-0.1, -0.05) is 0 Å². The number of pyridine rings is 1. The van der Waals surface area contributed by atoms with Gasteiger partial charge in [0.1, 0.15) is 5.82 Å². The summed E-state index contributed by atoms with van der Waals surface area (Å²) in [5.74, 6) is -2.56. The first-order valence-electron chi connectivity index (χ1n) is 6.40. The van der Waals surface area contributed by atoms with E-state index < -0.39 is 23.1 Å². The first-order chi connectivity index (χ1) is 9.24. The van der Waals surface area contributed by atoms with Crippen LogP contribution in [0.1, 0.15) is 24.8 Å². The second kappa shape index (κ2) is 4.97. The quantitative estimate of drug-likeness (QED) is 0.720. The van der Waals surface area contributed by atoms with E-state index in [0.717, 1.165) is 18.3 Å². The minimum atomic E-state index is -4.45. The van der Waals surface area contributed by atoms with Crippen molar-refractivity contribution >= 4 is 18.2 Å². The van der Waals surface area contributed by atoms with Gasteiger partial charge in [-0.2, -0.15) is 13.2 Å². The largest absolute Gasteiger partial charge is 0.416 e. The predicted octanol–water partition coefficient (Wildman–Crippen LogP) is 4.15. The lowest BCUT2D eigenvalue weighted by molar-refractivity contribution is -0.137. The molecule has 0 aromatic carbocycles. The van der Waals surface area contributed by atoms with Crippen LogP contribution in [0.3, 0.4) is 0 Å². The molecule has 0 bridgehead atoms. The summed E-state index contributed by atoms with van der Waals surface area (Å²) in [5, 5.41) is 0. The maximum atomic E-state index is 13.4. The third-order valence-corrected chi connectivity index (χ3v) is 4.19. The van der Waals surface area contributed by atoms with Crippen LogP contribution in [0.4, 0.5) is 27.8 Å². The summed E-state index contributed by atoms with van der Waals surface area (Å²) >= 11 is 0. The molecule has 1 aliphatic carbocycles. The minimum Gasteiger partial charge on any atom is -0.356 e. The number of halogens is 6. The van der Waals surface area contributed by atoms with E-state index in [0.29, 0.717) is 19.4 Å². The molecule has 2 heterocycles. The average Bonchev–Trinajstić information content (AvgIpc) is 2.88. The zero-order chi connectivity index (χ0) is 14.6. The molecule has 1 spiro atoms. The topological polar surface area (TPSA) is 16.1 Å². The zero-order valence-electron chi connectivity index (χ0n) is 11.0. The zero-order valence-corrected chi connectivity index (χ0v) is 11.8. The Bertz CT molecular complexity index is 534. The summed E-state index contributed by atoms with van der Waals surface area (Å²) in [6.45, 7) is 0.542. The van der Waals surface area contributed by atoms with Crippen LogP contribution < -0.4 is 4.90 Å². The number of hydrogen-bond donors (Lipinski definition) is 0. The van der Waals surface area contributed by atoms with E-state index in [9.17, 15) is 22.0 Å². The first-order valence-corrected chi connectivity index (χ1v) is 6.40. The predicted molar refractivity (Wildman–Crippen MR) is 69.9 cm³/mol. The van der Waals surface area contributed by atoms with Crippen LogP contribution in [0.25, 0.3) is 0 Å². The molecule has 3 rings (SSSR count). The minimum absolute atomic E-state index is 0. The Kier molecular flexibility index (Phi) is 3.85. The van der Waals surface area contributed by atoms with E-state index >= 15 is 0 Å². The lowest BCUT2D eigenvalue weighted by atomic mass is 9.94. The van der Waals surface area contributed by atoms with Crippen molar-refractivity contribution in [3.63, 3.8) is 0 Å². The maximum Gasteiger partial charge on any atom is 0.416 e. The Morgan fingerprint density at radius 2 is 1.90 bits per heavy atom. The molecule has 118 valence electrons. The number of piperidine rings is 1. The van der Waals surface area contributed by atoms with E-state index in [1.54, 1.807) is 4.90 Å². The monoisotopic (exact) mass is 328 g/mol. The van der Waals surface area contributed by atoms with Gasteiger partial charge in [-0.3, -0.25) is 0 Å². The number of alkyl halides is 5. The molecule has 2 aliphatic rings. The molecule has 1 aromatic heterocycles. The van der Waals surface area contributed by atoms with Crippen LogP contribution in [-0.4, -0.2) is 24.0 Å². The summed E-state index contributed by atoms with van der Waals surface area (Å²) in [7, 11) is 0. The molecule has 8 heteroatoms. The Balaban J connectivity index is 0.00000161. The molecule has 0 N–H and O–H groups in total. The fraction of sp³-hybridized carbons (Fsp3) is 0.615. The Morgan fingerprint density at radius 1 is 1.24 bits per heavy atom. The average molecular weight is 329 g/mol. The molecular formula is C13H14ClF5N2. The molecule has 1 saturated carbocycles. The summed E-state index contributed by atoms with van der Waals surface area (Å²) in [5.41, 5.74) is -1.86. The normalized spacial score (nSPS) is 27.4. The smallest absolute Gasteiger partial charge is 0.356 e. The lowest BCUT2D eigenvalue weighted by Crippen LogP contribution is -2.39. The highest BCUT2D eigenvalue weighted by Crippen LogP contribution is 2.64. The van der Waals surface area contributed by atoms with Crippen molar-refractivity contribution in [1.29, 1.82) is 0 Å². The van der Waals surface area contributed by atoms with Crippen molar-refractivity contribution in [3.05, 3.63) is 23.9 Å². The molecule has 1 unspecified atom stereocenters. The van der Waals surface area contributed by atoms with Crippen LogP contribution in [0.15, 0.2) is 18.3 Å². The van der Waals surface area contributed by atoms with Gasteiger partial charge in [0.2, 0.25) is 0 Å². The Hall–Kier alpha value is -1.11. The molecular weight excluding hydrogens is 315 g/mol. The van der Waals surface area contributed by atoms with E-state index in [1.807, 2.05) is 0 Å². The molecule has 0 amide bonds. The third-order valence-electron chi connectivity index (χ3n) is 4.19. The fourth-order valence-electron chi connectivity index (χ4n) is 2.92. The molecule has 2 fully saturated rings. The summed E-state index contributed by atoms with van der Waals surface area (Å²) in [6, 6.07) is 1.81. The summed E-state index contributed by atoms with van der Waals surface area (Å²) < 4.78 is 64.8. The third kappa shape index (κ3) is 2.80. The van der Waals surface area contributed by atoms with Crippen LogP contribution >= 0.6 is 12.4 Å². The van der Waals surface area contributed by atoms with Crippen molar-refractivity contribution in [2.24, 2.45) is 5.41 Å². The van der Waals surface area contributed by atoms with Crippen molar-refractivity contribution in [3.8, 4) is 0 Å². The highest BCUT2D eigenvalue weighted by molar-refractivity contribution is 5.85. The molecule has 1 saturated heterocycles. The van der Waals surface area contributed by atoms with Crippen LogP contribution in [0.2, 0.25) is 0 Å². The molecule has 1 atom stereocenters. The SMILES string of the molecule is Cl.FC(F)(F)c1ccnc(N2CCCC3(C2)CC3(F)F)c1. The second-order valence-electron chi connectivity index (χ2n) is 5.59. The second-order valence-corrected chi connectivity index (χ2v) is 5.59. The molecule has 2 nitrogen and oxygen atoms in total. The van der Waals surface area contributed by atoms with Gasteiger partial charge in [0.25, 0.3) is 5.92 Å². The lowest BCUT2D eigenvalue weighted by Gasteiger charge is -2.34. The highest BCUT2D eigenvalue weighted by Gasteiger charge is 2.71. The van der Waals surface area contributed by atoms with Gasteiger partial charge in [-0.25, -0.2) is 13.8 Å². The van der Waals surface area contributed by atoms with Gasteiger partial charge in [0.15, 0.2) is 0 Å². The van der Waals surface area contributed by atoms with E-state index in [2.05, 4.69) is 4.98 Å². The van der Waals surface area contributed by atoms with Gasteiger partial charge in [-0.15, -0.1) is 12.4 Å². The number of aromatic nitrogens is 1. The molecule has 1 aliphatic heterocycles. The van der Waals surface area contributed by atoms with Gasteiger partial charge < -0.3 is 4.90 Å². The number of rotatable bonds is 1. The first kappa shape index (κ1) is 16.3. The van der Waals surface area contributed by atoms with Crippen molar-refractivity contribution in [2.75, 3.05) is 18.0 Å². The van der Waals surface area contributed by atoms with E-state index in [4.69, 9.17) is 0 Å². The van der Waals surface area contributed by atoms with Crippen molar-refractivity contribution in [2.45, 2.75) is 31.4 Å². The molecule has 1 aromatic rings. The highest BCUT2D eigenvalue weighted by atomic mass is 35.5. The van der Waals surface area contributed by atoms with Gasteiger partial charge in [0, 0.05) is 25.7 Å². The Morgan fingerprint density at radius 3 is 2.48 bits per heavy atom. The van der Waals surface area contributed by atoms with E-state index in [-0.39, 0.29) is 31.2 Å². The summed E-state index contributed by atoms with van der Waals surface area (Å²) in [6.07, 6.45) is -2.57. The van der Waals surface area contributed by atoms with Crippen LogP contribution in [0, 0.1) is 5.41 Å². The Labute approximate surface area is 124 Å².